The fourth-order valence-electron chi connectivity index (χ4n) is 2.35. The van der Waals surface area contributed by atoms with E-state index in [0.717, 1.165) is 0 Å². The maximum absolute atomic E-state index is 12.2. The molecule has 0 aliphatic rings. The molecule has 1 amide bonds. The molecule has 3 N–H and O–H groups in total. The molecule has 0 aromatic heterocycles. The van der Waals surface area contributed by atoms with Gasteiger partial charge in [0.2, 0.25) is 26.0 Å². The minimum atomic E-state index is -3.74. The van der Waals surface area contributed by atoms with Gasteiger partial charge in [-0.05, 0) is 61.9 Å². The van der Waals surface area contributed by atoms with E-state index in [1.54, 1.807) is 6.92 Å². The van der Waals surface area contributed by atoms with Gasteiger partial charge in [-0.2, -0.15) is 0 Å². The van der Waals surface area contributed by atoms with Crippen LogP contribution in [0, 0.1) is 0 Å². The molecule has 0 heterocycles. The summed E-state index contributed by atoms with van der Waals surface area (Å²) in [6, 6.07) is 11.2. The molecular formula is C19H24ClN3O5S2. The van der Waals surface area contributed by atoms with Crippen LogP contribution in [0.3, 0.4) is 0 Å². The summed E-state index contributed by atoms with van der Waals surface area (Å²) in [5.74, 6) is -0.415. The number of sulfonamides is 2. The monoisotopic (exact) mass is 473 g/mol. The third kappa shape index (κ3) is 7.06. The van der Waals surface area contributed by atoms with Crippen molar-refractivity contribution >= 4 is 43.2 Å². The predicted molar refractivity (Wildman–Crippen MR) is 116 cm³/mol. The van der Waals surface area contributed by atoms with E-state index in [9.17, 15) is 21.6 Å². The van der Waals surface area contributed by atoms with Crippen molar-refractivity contribution in [3.8, 4) is 0 Å². The number of hydrogen-bond donors (Lipinski definition) is 3. The lowest BCUT2D eigenvalue weighted by atomic mass is 10.3. The molecule has 11 heteroatoms. The number of nitrogens with one attached hydrogen (secondary N) is 3. The second kappa shape index (κ2) is 10.4. The summed E-state index contributed by atoms with van der Waals surface area (Å²) < 4.78 is 53.7. The Hall–Kier alpha value is -1.98. The second-order valence-electron chi connectivity index (χ2n) is 6.60. The normalized spacial score (nSPS) is 13.0. The Kier molecular flexibility index (Phi) is 8.39. The number of amides is 1. The first-order valence-electron chi connectivity index (χ1n) is 9.21. The summed E-state index contributed by atoms with van der Waals surface area (Å²) >= 11 is 5.74. The van der Waals surface area contributed by atoms with E-state index in [0.29, 0.717) is 17.1 Å². The first-order valence-corrected chi connectivity index (χ1v) is 12.6. The number of hydrogen-bond acceptors (Lipinski definition) is 5. The fraction of sp³-hybridized carbons (Fsp3) is 0.316. The van der Waals surface area contributed by atoms with E-state index in [2.05, 4.69) is 14.8 Å². The number of rotatable bonds is 10. The first kappa shape index (κ1) is 24.3. The summed E-state index contributed by atoms with van der Waals surface area (Å²) in [6.07, 6.45) is 0.567. The molecule has 0 saturated heterocycles. The van der Waals surface area contributed by atoms with Crippen LogP contribution in [0.4, 0.5) is 5.69 Å². The lowest BCUT2D eigenvalue weighted by Crippen LogP contribution is -2.32. The molecule has 0 fully saturated rings. The Balaban J connectivity index is 1.88. The highest BCUT2D eigenvalue weighted by molar-refractivity contribution is 7.89. The summed E-state index contributed by atoms with van der Waals surface area (Å²) in [5, 5.41) is 3.02. The van der Waals surface area contributed by atoms with Crippen molar-refractivity contribution in [3.63, 3.8) is 0 Å². The number of benzene rings is 2. The molecule has 0 bridgehead atoms. The molecular weight excluding hydrogens is 450 g/mol. The fourth-order valence-corrected chi connectivity index (χ4v) is 4.84. The number of carbonyl (C=O) groups excluding carboxylic acids is 1. The highest BCUT2D eigenvalue weighted by atomic mass is 35.5. The van der Waals surface area contributed by atoms with Crippen LogP contribution in [0.1, 0.15) is 26.7 Å². The summed E-state index contributed by atoms with van der Waals surface area (Å²) in [5.41, 5.74) is 0.406. The van der Waals surface area contributed by atoms with Gasteiger partial charge in [0.25, 0.3) is 0 Å². The molecule has 8 nitrogen and oxygen atoms in total. The number of carbonyl (C=O) groups is 1. The second-order valence-corrected chi connectivity index (χ2v) is 10.5. The van der Waals surface area contributed by atoms with Crippen molar-refractivity contribution < 1.29 is 21.6 Å². The lowest BCUT2D eigenvalue weighted by molar-refractivity contribution is -0.116. The van der Waals surface area contributed by atoms with Crippen molar-refractivity contribution in [2.45, 2.75) is 42.5 Å². The summed E-state index contributed by atoms with van der Waals surface area (Å²) in [6.45, 7) is 3.55. The highest BCUT2D eigenvalue weighted by Crippen LogP contribution is 2.16. The van der Waals surface area contributed by atoms with Crippen LogP contribution in [0.15, 0.2) is 58.3 Å². The van der Waals surface area contributed by atoms with Gasteiger partial charge in [-0.1, -0.05) is 18.5 Å². The topological polar surface area (TPSA) is 121 Å². The van der Waals surface area contributed by atoms with Crippen molar-refractivity contribution in [3.05, 3.63) is 53.6 Å². The van der Waals surface area contributed by atoms with Gasteiger partial charge in [0.15, 0.2) is 0 Å². The van der Waals surface area contributed by atoms with Crippen LogP contribution < -0.4 is 14.8 Å². The van der Waals surface area contributed by atoms with Gasteiger partial charge in [0, 0.05) is 29.7 Å². The first-order chi connectivity index (χ1) is 14.0. The average Bonchev–Trinajstić information content (AvgIpc) is 2.68. The number of anilines is 1. The summed E-state index contributed by atoms with van der Waals surface area (Å²) in [4.78, 5) is 12.2. The van der Waals surface area contributed by atoms with Crippen LogP contribution in [0.25, 0.3) is 0 Å². The van der Waals surface area contributed by atoms with Gasteiger partial charge in [-0.15, -0.1) is 0 Å². The quantitative estimate of drug-likeness (QED) is 0.489. The van der Waals surface area contributed by atoms with Gasteiger partial charge in [0.1, 0.15) is 0 Å². The molecule has 0 saturated carbocycles. The van der Waals surface area contributed by atoms with Gasteiger partial charge in [-0.3, -0.25) is 4.79 Å². The van der Waals surface area contributed by atoms with Crippen molar-refractivity contribution in [1.82, 2.24) is 9.44 Å². The molecule has 0 radical (unpaired) electrons. The van der Waals surface area contributed by atoms with E-state index in [-0.39, 0.29) is 28.8 Å². The molecule has 1 atom stereocenters. The average molecular weight is 474 g/mol. The van der Waals surface area contributed by atoms with E-state index in [1.807, 2.05) is 6.92 Å². The third-order valence-electron chi connectivity index (χ3n) is 4.19. The molecule has 2 rings (SSSR count). The zero-order valence-corrected chi connectivity index (χ0v) is 18.9. The van der Waals surface area contributed by atoms with Crippen LogP contribution in [0.5, 0.6) is 0 Å². The minimum Gasteiger partial charge on any atom is -0.326 e. The van der Waals surface area contributed by atoms with Crippen LogP contribution in [-0.4, -0.2) is 35.3 Å². The van der Waals surface area contributed by atoms with Crippen LogP contribution in [-0.2, 0) is 24.8 Å². The standard InChI is InChI=1S/C19H24ClN3O5S2/c1-3-14(2)23-30(27,28)18-10-6-16(7-11-18)22-19(24)12-13-21-29(25,26)17-8-4-15(20)5-9-17/h4-11,14,21,23H,3,12-13H2,1-2H3,(H,22,24). The van der Waals surface area contributed by atoms with Gasteiger partial charge >= 0.3 is 0 Å². The van der Waals surface area contributed by atoms with E-state index >= 15 is 0 Å². The van der Waals surface area contributed by atoms with Crippen molar-refractivity contribution in [1.29, 1.82) is 0 Å². The Labute approximate surface area is 182 Å². The van der Waals surface area contributed by atoms with Gasteiger partial charge < -0.3 is 5.32 Å². The Bertz CT molecular complexity index is 1070. The molecule has 1 unspecified atom stereocenters. The lowest BCUT2D eigenvalue weighted by Gasteiger charge is -2.12. The predicted octanol–water partition coefficient (Wildman–Crippen LogP) is 2.72. The zero-order chi connectivity index (χ0) is 22.4. The van der Waals surface area contributed by atoms with E-state index in [4.69, 9.17) is 11.6 Å². The maximum atomic E-state index is 12.2. The Morgan fingerprint density at radius 2 is 1.47 bits per heavy atom. The molecule has 164 valence electrons. The van der Waals surface area contributed by atoms with Gasteiger partial charge in [0.05, 0.1) is 9.79 Å². The molecule has 2 aromatic carbocycles. The summed E-state index contributed by atoms with van der Waals surface area (Å²) in [7, 11) is -7.37. The molecule has 0 aliphatic carbocycles. The van der Waals surface area contributed by atoms with E-state index < -0.39 is 26.0 Å². The largest absolute Gasteiger partial charge is 0.326 e. The van der Waals surface area contributed by atoms with Crippen molar-refractivity contribution in [2.24, 2.45) is 0 Å². The van der Waals surface area contributed by atoms with Crippen molar-refractivity contribution in [2.75, 3.05) is 11.9 Å². The van der Waals surface area contributed by atoms with Crippen LogP contribution in [0.2, 0.25) is 5.02 Å². The zero-order valence-electron chi connectivity index (χ0n) is 16.6. The molecule has 2 aromatic rings. The van der Waals surface area contributed by atoms with Gasteiger partial charge in [-0.25, -0.2) is 26.3 Å². The molecule has 30 heavy (non-hydrogen) atoms. The molecule has 0 spiro atoms. The van der Waals surface area contributed by atoms with E-state index in [1.165, 1.54) is 48.5 Å². The Morgan fingerprint density at radius 3 is 2.03 bits per heavy atom. The third-order valence-corrected chi connectivity index (χ3v) is 7.52. The maximum Gasteiger partial charge on any atom is 0.240 e. The number of halogens is 1. The van der Waals surface area contributed by atoms with Crippen LogP contribution >= 0.6 is 11.6 Å². The molecule has 0 aliphatic heterocycles. The smallest absolute Gasteiger partial charge is 0.240 e. The SMILES string of the molecule is CCC(C)NS(=O)(=O)c1ccc(NC(=O)CCNS(=O)(=O)c2ccc(Cl)cc2)cc1. The Morgan fingerprint density at radius 1 is 0.933 bits per heavy atom. The highest BCUT2D eigenvalue weighted by Gasteiger charge is 2.17. The minimum absolute atomic E-state index is 0.0510.